The number of rotatable bonds is 6. The maximum Gasteiger partial charge on any atom is 0.120 e. The molecule has 1 radical (unpaired) electrons. The first-order valence-corrected chi connectivity index (χ1v) is 23.2. The first-order valence-electron chi connectivity index (χ1n) is 20.7. The van der Waals surface area contributed by atoms with Gasteiger partial charge in [0, 0.05) is 40.1 Å². The Kier molecular flexibility index (Phi) is 11.2. The maximum absolute atomic E-state index is 8.69. The monoisotopic (exact) mass is 948 g/mol. The average molecular weight is 948 g/mol. The zero-order chi connectivity index (χ0) is 41.8. The van der Waals surface area contributed by atoms with Crippen LogP contribution >= 0.6 is 0 Å². The molecule has 57 heavy (non-hydrogen) atoms. The Bertz CT molecular complexity index is 2750. The molecule has 0 fully saturated rings. The second kappa shape index (κ2) is 16.3. The molecule has 0 spiro atoms. The molecule has 0 aliphatic rings. The van der Waals surface area contributed by atoms with Crippen molar-refractivity contribution in [2.45, 2.75) is 92.2 Å². The molecule has 0 aliphatic carbocycles. The fraction of sp³-hybridized carbons (Fsp3) is 0.294. The number of furan rings is 1. The molecule has 3 aromatic heterocycles. The Morgan fingerprint density at radius 1 is 0.772 bits per heavy atom. The first kappa shape index (κ1) is 39.2. The SMILES string of the molecule is CC(C)(C)c1ccc(-n2c(-c3[c-]ccc4c3oc3ccccc34)nc3ccccc32)cc1.[2H]C([2H])(c1cc(-c2[c-]ccc(C(C)(C)C)c2)ncc1[Si](C)(C)C)C(C)C.[Ir]. The molecule has 8 rings (SSSR count). The minimum atomic E-state index is -1.71. The molecule has 0 N–H and O–H groups in total. The number of benzene rings is 5. The van der Waals surface area contributed by atoms with Gasteiger partial charge in [0.1, 0.15) is 5.58 Å². The van der Waals surface area contributed by atoms with E-state index in [2.05, 4.69) is 145 Å². The summed E-state index contributed by atoms with van der Waals surface area (Å²) in [4.78, 5) is 9.73. The van der Waals surface area contributed by atoms with Crippen molar-refractivity contribution in [3.8, 4) is 28.3 Å². The third-order valence-corrected chi connectivity index (χ3v) is 12.2. The zero-order valence-electron chi connectivity index (χ0n) is 37.1. The van der Waals surface area contributed by atoms with Gasteiger partial charge >= 0.3 is 0 Å². The summed E-state index contributed by atoms with van der Waals surface area (Å²) in [6, 6.07) is 44.0. The predicted molar refractivity (Wildman–Crippen MR) is 240 cm³/mol. The van der Waals surface area contributed by atoms with Crippen LogP contribution in [-0.2, 0) is 37.3 Å². The van der Waals surface area contributed by atoms with Gasteiger partial charge < -0.3 is 14.0 Å². The summed E-state index contributed by atoms with van der Waals surface area (Å²) < 4.78 is 25.9. The van der Waals surface area contributed by atoms with E-state index in [0.29, 0.717) is 0 Å². The number of para-hydroxylation sites is 3. The van der Waals surface area contributed by atoms with E-state index < -0.39 is 14.4 Å². The number of hydrogen-bond donors (Lipinski definition) is 0. The van der Waals surface area contributed by atoms with E-state index in [1.807, 2.05) is 62.5 Å². The molecule has 4 nitrogen and oxygen atoms in total. The Labute approximate surface area is 357 Å². The van der Waals surface area contributed by atoms with E-state index in [0.717, 1.165) is 72.1 Å². The molecule has 0 unspecified atom stereocenters. The molecule has 0 bridgehead atoms. The zero-order valence-corrected chi connectivity index (χ0v) is 38.5. The molecule has 295 valence electrons. The van der Waals surface area contributed by atoms with E-state index in [1.54, 1.807) is 0 Å². The number of nitrogens with zero attached hydrogens (tertiary/aromatic N) is 3. The van der Waals surface area contributed by atoms with Crippen molar-refractivity contribution in [3.63, 3.8) is 0 Å². The fourth-order valence-corrected chi connectivity index (χ4v) is 8.54. The van der Waals surface area contributed by atoms with Crippen molar-refractivity contribution in [1.82, 2.24) is 14.5 Å². The smallest absolute Gasteiger partial charge is 0.120 e. The van der Waals surface area contributed by atoms with E-state index in [9.17, 15) is 0 Å². The number of hydrogen-bond acceptors (Lipinski definition) is 3. The maximum atomic E-state index is 8.69. The van der Waals surface area contributed by atoms with Gasteiger partial charge in [0.25, 0.3) is 0 Å². The van der Waals surface area contributed by atoms with Crippen LogP contribution in [0, 0.1) is 18.1 Å². The quantitative estimate of drug-likeness (QED) is 0.123. The second-order valence-electron chi connectivity index (χ2n) is 18.2. The molecule has 3 heterocycles. The second-order valence-corrected chi connectivity index (χ2v) is 23.2. The van der Waals surface area contributed by atoms with Crippen LogP contribution in [-0.4, -0.2) is 22.6 Å². The molecular weight excluding hydrogens is 891 g/mol. The van der Waals surface area contributed by atoms with Crippen LogP contribution in [0.3, 0.4) is 0 Å². The van der Waals surface area contributed by atoms with E-state index in [1.165, 1.54) is 11.1 Å². The number of fused-ring (bicyclic) bond motifs is 4. The molecule has 0 saturated heterocycles. The van der Waals surface area contributed by atoms with Gasteiger partial charge in [-0.05, 0) is 69.9 Å². The average Bonchev–Trinajstić information content (AvgIpc) is 3.76. The van der Waals surface area contributed by atoms with Crippen LogP contribution in [0.5, 0.6) is 0 Å². The third kappa shape index (κ3) is 8.94. The van der Waals surface area contributed by atoms with Crippen molar-refractivity contribution >= 4 is 46.2 Å². The van der Waals surface area contributed by atoms with Gasteiger partial charge in [0.2, 0.25) is 0 Å². The van der Waals surface area contributed by atoms with Crippen LogP contribution < -0.4 is 5.19 Å². The summed E-state index contributed by atoms with van der Waals surface area (Å²) in [7, 11) is -1.71. The van der Waals surface area contributed by atoms with E-state index in [-0.39, 0.29) is 36.9 Å². The summed E-state index contributed by atoms with van der Waals surface area (Å²) in [5, 5.41) is 3.29. The summed E-state index contributed by atoms with van der Waals surface area (Å²) >= 11 is 0. The van der Waals surface area contributed by atoms with E-state index >= 15 is 0 Å². The predicted octanol–water partition coefficient (Wildman–Crippen LogP) is 13.3. The van der Waals surface area contributed by atoms with Crippen LogP contribution in [0.2, 0.25) is 19.6 Å². The van der Waals surface area contributed by atoms with Crippen LogP contribution in [0.15, 0.2) is 120 Å². The first-order chi connectivity index (χ1) is 27.2. The molecule has 0 atom stereocenters. The standard InChI is InChI=1S/C29H23N2O.C22H32NSi.Ir/c1-29(2,3)19-15-17-20(18-16-19)31-25-13-6-5-12-24(25)30-28(31)23-11-8-10-22-21-9-4-7-14-26(21)32-27(22)23;1-16(2)12-18-14-20(23-15-21(18)24(6,7)8)17-10-9-11-19(13-17)22(3,4)5;/h4-10,12-18H,1-3H3;9,11,13-16H,12H2,1-8H3;/q2*-1;/i;12D2;. The molecule has 8 aromatic rings. The van der Waals surface area contributed by atoms with Crippen LogP contribution in [0.4, 0.5) is 0 Å². The Morgan fingerprint density at radius 2 is 1.44 bits per heavy atom. The summed E-state index contributed by atoms with van der Waals surface area (Å²) in [6.07, 6.45) is 0.531. The van der Waals surface area contributed by atoms with Gasteiger partial charge in [-0.1, -0.05) is 140 Å². The largest absolute Gasteiger partial charge is 0.501 e. The third-order valence-electron chi connectivity index (χ3n) is 10.2. The molecule has 6 heteroatoms. The Balaban J connectivity index is 0.000000200. The van der Waals surface area contributed by atoms with Crippen molar-refractivity contribution < 1.29 is 27.3 Å². The Morgan fingerprint density at radius 3 is 2.12 bits per heavy atom. The molecule has 0 saturated carbocycles. The van der Waals surface area contributed by atoms with Crippen LogP contribution in [0.25, 0.3) is 61.3 Å². The molecule has 0 aliphatic heterocycles. The summed E-state index contributed by atoms with van der Waals surface area (Å²) in [5.74, 6) is 0.733. The van der Waals surface area contributed by atoms with Crippen molar-refractivity contribution in [2.75, 3.05) is 0 Å². The van der Waals surface area contributed by atoms with Crippen molar-refractivity contribution in [2.24, 2.45) is 5.92 Å². The topological polar surface area (TPSA) is 43.9 Å². The van der Waals surface area contributed by atoms with Crippen LogP contribution in [0.1, 0.15) is 74.8 Å². The summed E-state index contributed by atoms with van der Waals surface area (Å²) in [5.41, 5.74) is 10.9. The summed E-state index contributed by atoms with van der Waals surface area (Å²) in [6.45, 7) is 23.9. The van der Waals surface area contributed by atoms with Gasteiger partial charge in [-0.2, -0.15) is 0 Å². The van der Waals surface area contributed by atoms with E-state index in [4.69, 9.17) is 17.1 Å². The van der Waals surface area contributed by atoms with Gasteiger partial charge in [-0.15, -0.1) is 53.6 Å². The van der Waals surface area contributed by atoms with Crippen molar-refractivity contribution in [1.29, 1.82) is 0 Å². The minimum absolute atomic E-state index is 0. The molecule has 5 aromatic carbocycles. The van der Waals surface area contributed by atoms with Gasteiger partial charge in [-0.3, -0.25) is 4.98 Å². The number of pyridine rings is 1. The molecular formula is C51H55IrN3OSi-2. The van der Waals surface area contributed by atoms with Gasteiger partial charge in [0.05, 0.1) is 30.5 Å². The normalized spacial score (nSPS) is 13.0. The Hall–Kier alpha value is -4.61. The van der Waals surface area contributed by atoms with Gasteiger partial charge in [-0.25, -0.2) is 0 Å². The number of imidazole rings is 1. The fourth-order valence-electron chi connectivity index (χ4n) is 7.13. The minimum Gasteiger partial charge on any atom is -0.501 e. The van der Waals surface area contributed by atoms with Crippen molar-refractivity contribution in [3.05, 3.63) is 144 Å². The number of aromatic nitrogens is 3. The molecule has 0 amide bonds. The van der Waals surface area contributed by atoms with Gasteiger partial charge in [0.15, 0.2) is 0 Å².